The molecule has 3 aromatic rings. The van der Waals surface area contributed by atoms with Crippen LogP contribution in [-0.4, -0.2) is 62.5 Å². The summed E-state index contributed by atoms with van der Waals surface area (Å²) < 4.78 is 14.4. The Balaban J connectivity index is 1.25. The number of aryl methyl sites for hydroxylation is 2. The molecule has 0 spiro atoms. The second kappa shape index (κ2) is 12.9. The van der Waals surface area contributed by atoms with Crippen molar-refractivity contribution in [1.29, 1.82) is 0 Å². The van der Waals surface area contributed by atoms with E-state index >= 15 is 0 Å². The van der Waals surface area contributed by atoms with Gasteiger partial charge in [-0.05, 0) is 57.4 Å². The SMILES string of the molecule is Cc1nccn1CCC(=O)N1CCC(N2CCCCCCOc3ccccc3Oc3ncccc3C2)CC1. The monoisotopic (exact) mass is 517 g/mol. The summed E-state index contributed by atoms with van der Waals surface area (Å²) in [5.74, 6) is 3.29. The van der Waals surface area contributed by atoms with Crippen molar-refractivity contribution >= 4 is 5.91 Å². The zero-order chi connectivity index (χ0) is 26.2. The summed E-state index contributed by atoms with van der Waals surface area (Å²) in [4.78, 5) is 26.4. The maximum Gasteiger partial charge on any atom is 0.224 e. The number of hydrogen-bond donors (Lipinski definition) is 0. The van der Waals surface area contributed by atoms with Crippen molar-refractivity contribution < 1.29 is 14.3 Å². The van der Waals surface area contributed by atoms with Crippen molar-refractivity contribution in [2.75, 3.05) is 26.2 Å². The topological polar surface area (TPSA) is 72.7 Å². The Morgan fingerprint density at radius 1 is 0.947 bits per heavy atom. The van der Waals surface area contributed by atoms with Crippen LogP contribution >= 0.6 is 0 Å². The number of hydrogen-bond acceptors (Lipinski definition) is 6. The average molecular weight is 518 g/mol. The molecule has 8 nitrogen and oxygen atoms in total. The van der Waals surface area contributed by atoms with Gasteiger partial charge in [-0.1, -0.05) is 31.0 Å². The lowest BCUT2D eigenvalue weighted by Crippen LogP contribution is -2.47. The molecule has 0 aliphatic carbocycles. The Morgan fingerprint density at radius 2 is 1.76 bits per heavy atom. The van der Waals surface area contributed by atoms with E-state index in [9.17, 15) is 4.79 Å². The number of ether oxygens (including phenoxy) is 2. The average Bonchev–Trinajstić information content (AvgIpc) is 3.36. The first-order valence-corrected chi connectivity index (χ1v) is 14.0. The third kappa shape index (κ3) is 6.72. The second-order valence-electron chi connectivity index (χ2n) is 10.3. The van der Waals surface area contributed by atoms with Crippen LogP contribution in [0.2, 0.25) is 0 Å². The van der Waals surface area contributed by atoms with Crippen molar-refractivity contribution in [2.45, 2.75) is 71.0 Å². The Kier molecular flexibility index (Phi) is 8.91. The fourth-order valence-corrected chi connectivity index (χ4v) is 5.45. The van der Waals surface area contributed by atoms with Crippen LogP contribution in [0.25, 0.3) is 0 Å². The number of carbonyl (C=O) groups excluding carboxylic acids is 1. The zero-order valence-electron chi connectivity index (χ0n) is 22.4. The summed E-state index contributed by atoms with van der Waals surface area (Å²) in [6.07, 6.45) is 12.5. The molecular formula is C30H39N5O3. The molecule has 1 fully saturated rings. The molecule has 0 N–H and O–H groups in total. The number of para-hydroxylation sites is 2. The number of nitrogens with zero attached hydrogens (tertiary/aromatic N) is 5. The third-order valence-electron chi connectivity index (χ3n) is 7.70. The number of piperidine rings is 1. The van der Waals surface area contributed by atoms with E-state index in [1.807, 2.05) is 52.9 Å². The van der Waals surface area contributed by atoms with Gasteiger partial charge >= 0.3 is 0 Å². The number of carbonyl (C=O) groups is 1. The highest BCUT2D eigenvalue weighted by Crippen LogP contribution is 2.33. The molecular weight excluding hydrogens is 478 g/mol. The van der Waals surface area contributed by atoms with Gasteiger partial charge in [0.1, 0.15) is 5.82 Å². The highest BCUT2D eigenvalue weighted by molar-refractivity contribution is 5.76. The minimum absolute atomic E-state index is 0.237. The lowest BCUT2D eigenvalue weighted by Gasteiger charge is -2.39. The Hall–Kier alpha value is -3.39. The van der Waals surface area contributed by atoms with E-state index in [1.54, 1.807) is 12.4 Å². The highest BCUT2D eigenvalue weighted by atomic mass is 16.5. The quantitative estimate of drug-likeness (QED) is 0.473. The molecule has 0 radical (unpaired) electrons. The molecule has 202 valence electrons. The normalized spacial score (nSPS) is 18.0. The summed E-state index contributed by atoms with van der Waals surface area (Å²) in [5.41, 5.74) is 1.08. The first-order valence-electron chi connectivity index (χ1n) is 14.0. The van der Waals surface area contributed by atoms with E-state index < -0.39 is 0 Å². The van der Waals surface area contributed by atoms with E-state index in [-0.39, 0.29) is 5.91 Å². The van der Waals surface area contributed by atoms with Crippen LogP contribution < -0.4 is 9.47 Å². The Bertz CT molecular complexity index is 1190. The van der Waals surface area contributed by atoms with Crippen LogP contribution in [-0.2, 0) is 17.9 Å². The van der Waals surface area contributed by atoms with E-state index in [4.69, 9.17) is 9.47 Å². The van der Waals surface area contributed by atoms with Crippen LogP contribution in [0.1, 0.15) is 56.3 Å². The number of pyridine rings is 1. The Labute approximate surface area is 225 Å². The molecule has 1 saturated heterocycles. The number of likely N-dealkylation sites (tertiary alicyclic amines) is 1. The molecule has 0 saturated carbocycles. The molecule has 4 heterocycles. The minimum Gasteiger partial charge on any atom is -0.490 e. The number of fused-ring (bicyclic) bond motifs is 2. The second-order valence-corrected chi connectivity index (χ2v) is 10.3. The molecule has 38 heavy (non-hydrogen) atoms. The van der Waals surface area contributed by atoms with Crippen molar-refractivity contribution in [2.24, 2.45) is 0 Å². The lowest BCUT2D eigenvalue weighted by molar-refractivity contribution is -0.133. The first kappa shape index (κ1) is 26.2. The predicted molar refractivity (Wildman–Crippen MR) is 146 cm³/mol. The molecule has 0 atom stereocenters. The number of benzene rings is 1. The molecule has 0 bridgehead atoms. The van der Waals surface area contributed by atoms with Crippen molar-refractivity contribution in [3.05, 3.63) is 66.4 Å². The molecule has 0 unspecified atom stereocenters. The number of imidazole rings is 1. The molecule has 5 rings (SSSR count). The van der Waals surface area contributed by atoms with Crippen LogP contribution in [0.15, 0.2) is 55.0 Å². The summed E-state index contributed by atoms with van der Waals surface area (Å²) >= 11 is 0. The van der Waals surface area contributed by atoms with Gasteiger partial charge < -0.3 is 18.9 Å². The fraction of sp³-hybridized carbons (Fsp3) is 0.500. The van der Waals surface area contributed by atoms with E-state index in [0.717, 1.165) is 75.4 Å². The number of amides is 1. The maximum absolute atomic E-state index is 12.9. The zero-order valence-corrected chi connectivity index (χ0v) is 22.4. The molecule has 2 aromatic heterocycles. The third-order valence-corrected chi connectivity index (χ3v) is 7.70. The maximum atomic E-state index is 12.9. The Morgan fingerprint density at radius 3 is 2.58 bits per heavy atom. The van der Waals surface area contributed by atoms with Crippen LogP contribution in [0.3, 0.4) is 0 Å². The number of aromatic nitrogens is 3. The van der Waals surface area contributed by atoms with Crippen LogP contribution in [0, 0.1) is 6.92 Å². The standard InChI is InChI=1S/C30H39N5O3/c1-24-31-16-21-33(24)20-14-29(36)34-18-12-26(13-19-34)35-17-6-2-3-7-22-37-27-10-4-5-11-28(27)38-30-25(23-35)9-8-15-32-30/h4-5,8-11,15-16,21,26H,2-3,6-7,12-14,17-20,22-23H2,1H3. The largest absolute Gasteiger partial charge is 0.490 e. The summed E-state index contributed by atoms with van der Waals surface area (Å²) in [7, 11) is 0. The van der Waals surface area contributed by atoms with Crippen LogP contribution in [0.4, 0.5) is 0 Å². The van der Waals surface area contributed by atoms with Gasteiger partial charge in [-0.25, -0.2) is 9.97 Å². The first-order chi connectivity index (χ1) is 18.7. The van der Waals surface area contributed by atoms with Gasteiger partial charge in [0.2, 0.25) is 11.8 Å². The van der Waals surface area contributed by atoms with Gasteiger partial charge in [-0.15, -0.1) is 0 Å². The summed E-state index contributed by atoms with van der Waals surface area (Å²) in [6, 6.07) is 12.4. The van der Waals surface area contributed by atoms with Gasteiger partial charge in [-0.3, -0.25) is 9.69 Å². The van der Waals surface area contributed by atoms with E-state index in [1.165, 1.54) is 6.42 Å². The van der Waals surface area contributed by atoms with Crippen LogP contribution in [0.5, 0.6) is 17.4 Å². The smallest absolute Gasteiger partial charge is 0.224 e. The lowest BCUT2D eigenvalue weighted by atomic mass is 10.0. The minimum atomic E-state index is 0.237. The van der Waals surface area contributed by atoms with Crippen molar-refractivity contribution in [3.63, 3.8) is 0 Å². The van der Waals surface area contributed by atoms with Gasteiger partial charge in [-0.2, -0.15) is 0 Å². The molecule has 8 heteroatoms. The summed E-state index contributed by atoms with van der Waals surface area (Å²) in [6.45, 7) is 6.78. The van der Waals surface area contributed by atoms with Gasteiger partial charge in [0.05, 0.1) is 6.61 Å². The molecule has 2 aliphatic rings. The molecule has 1 aromatic carbocycles. The van der Waals surface area contributed by atoms with E-state index in [2.05, 4.69) is 20.9 Å². The molecule has 1 amide bonds. The van der Waals surface area contributed by atoms with Gasteiger partial charge in [0.25, 0.3) is 0 Å². The van der Waals surface area contributed by atoms with E-state index in [0.29, 0.717) is 37.2 Å². The predicted octanol–water partition coefficient (Wildman–Crippen LogP) is 5.21. The summed E-state index contributed by atoms with van der Waals surface area (Å²) in [5, 5.41) is 0. The highest BCUT2D eigenvalue weighted by Gasteiger charge is 2.27. The molecule has 2 aliphatic heterocycles. The van der Waals surface area contributed by atoms with Gasteiger partial charge in [0, 0.05) is 62.8 Å². The fourth-order valence-electron chi connectivity index (χ4n) is 5.45. The van der Waals surface area contributed by atoms with Gasteiger partial charge in [0.15, 0.2) is 11.5 Å². The number of rotatable bonds is 4. The van der Waals surface area contributed by atoms with Crippen molar-refractivity contribution in [3.8, 4) is 17.4 Å². The van der Waals surface area contributed by atoms with Crippen molar-refractivity contribution in [1.82, 2.24) is 24.3 Å².